The van der Waals surface area contributed by atoms with E-state index in [0.717, 1.165) is 6.07 Å². The fraction of sp³-hybridized carbons (Fsp3) is 0.294. The van der Waals surface area contributed by atoms with Gasteiger partial charge in [0.2, 0.25) is 0 Å². The Morgan fingerprint density at radius 2 is 1.75 bits per heavy atom. The van der Waals surface area contributed by atoms with Crippen LogP contribution in [0.5, 0.6) is 11.5 Å². The minimum absolute atomic E-state index is 0.000501. The predicted octanol–water partition coefficient (Wildman–Crippen LogP) is 2.98. The Morgan fingerprint density at radius 1 is 1.04 bits per heavy atom. The molecule has 2 rings (SSSR count). The lowest BCUT2D eigenvalue weighted by Crippen LogP contribution is -2.28. The van der Waals surface area contributed by atoms with E-state index >= 15 is 0 Å². The van der Waals surface area contributed by atoms with Crippen LogP contribution in [0, 0.1) is 0 Å². The second-order valence-electron chi connectivity index (χ2n) is 5.07. The molecule has 0 aliphatic rings. The van der Waals surface area contributed by atoms with E-state index in [2.05, 4.69) is 0 Å². The van der Waals surface area contributed by atoms with Gasteiger partial charge < -0.3 is 20.3 Å². The molecule has 4 nitrogen and oxygen atoms in total. The maximum atomic E-state index is 13.0. The average molecular weight is 341 g/mol. The monoisotopic (exact) mass is 341 g/mol. The number of hydrogen-bond donors (Lipinski definition) is 2. The third-order valence-electron chi connectivity index (χ3n) is 3.29. The smallest absolute Gasteiger partial charge is 0.416 e. The van der Waals surface area contributed by atoms with E-state index < -0.39 is 24.5 Å². The van der Waals surface area contributed by atoms with Crippen LogP contribution in [-0.4, -0.2) is 24.4 Å². The maximum absolute atomic E-state index is 13.0. The molecule has 2 aromatic rings. The number of alkyl halides is 3. The second-order valence-corrected chi connectivity index (χ2v) is 5.07. The van der Waals surface area contributed by atoms with Crippen molar-refractivity contribution in [1.29, 1.82) is 0 Å². The summed E-state index contributed by atoms with van der Waals surface area (Å²) in [7, 11) is 0. The summed E-state index contributed by atoms with van der Waals surface area (Å²) in [6.45, 7) is -0.622. The summed E-state index contributed by atoms with van der Waals surface area (Å²) >= 11 is 0. The Balaban J connectivity index is 2.07. The largest absolute Gasteiger partial charge is 0.490 e. The molecule has 0 saturated carbocycles. The molecule has 0 spiro atoms. The van der Waals surface area contributed by atoms with Crippen molar-refractivity contribution in [1.82, 2.24) is 0 Å². The fourth-order valence-corrected chi connectivity index (χ4v) is 2.09. The number of nitrogens with two attached hydrogens (primary N) is 1. The molecule has 0 bridgehead atoms. The summed E-state index contributed by atoms with van der Waals surface area (Å²) in [4.78, 5) is 0. The Bertz CT molecular complexity index is 647. The van der Waals surface area contributed by atoms with E-state index in [1.54, 1.807) is 24.3 Å². The van der Waals surface area contributed by atoms with Crippen molar-refractivity contribution in [2.75, 3.05) is 13.2 Å². The van der Waals surface area contributed by atoms with E-state index in [0.29, 0.717) is 5.75 Å². The number of aliphatic hydroxyl groups excluding tert-OH is 1. The molecular weight excluding hydrogens is 323 g/mol. The van der Waals surface area contributed by atoms with Crippen LogP contribution in [0.4, 0.5) is 13.2 Å². The Hall–Kier alpha value is -2.25. The number of hydrogen-bond acceptors (Lipinski definition) is 4. The zero-order chi connectivity index (χ0) is 17.6. The van der Waals surface area contributed by atoms with E-state index in [9.17, 15) is 18.3 Å². The first-order chi connectivity index (χ1) is 11.4. The lowest BCUT2D eigenvalue weighted by atomic mass is 10.1. The van der Waals surface area contributed by atoms with E-state index in [4.69, 9.17) is 15.2 Å². The van der Waals surface area contributed by atoms with Crippen LogP contribution in [-0.2, 0) is 12.7 Å². The van der Waals surface area contributed by atoms with Gasteiger partial charge in [-0.25, -0.2) is 0 Å². The third kappa shape index (κ3) is 4.87. The predicted molar refractivity (Wildman–Crippen MR) is 82.8 cm³/mol. The molecule has 0 heterocycles. The number of benzene rings is 2. The van der Waals surface area contributed by atoms with Crippen molar-refractivity contribution < 1.29 is 27.8 Å². The zero-order valence-corrected chi connectivity index (χ0v) is 12.8. The molecule has 2 aromatic carbocycles. The molecule has 0 aliphatic carbocycles. The average Bonchev–Trinajstić information content (AvgIpc) is 2.58. The van der Waals surface area contributed by atoms with E-state index in [1.807, 2.05) is 6.07 Å². The van der Waals surface area contributed by atoms with Gasteiger partial charge in [-0.05, 0) is 29.8 Å². The molecule has 0 aliphatic heterocycles. The molecule has 0 amide bonds. The first-order valence-corrected chi connectivity index (χ1v) is 7.29. The number of aliphatic hydroxyl groups is 1. The summed E-state index contributed by atoms with van der Waals surface area (Å²) in [6.07, 6.45) is -5.32. The molecule has 0 saturated heterocycles. The molecule has 3 N–H and O–H groups in total. The Labute approximate surface area is 137 Å². The van der Waals surface area contributed by atoms with Gasteiger partial charge in [0.15, 0.2) is 6.10 Å². The summed E-state index contributed by atoms with van der Waals surface area (Å²) in [6, 6.07) is 12.4. The van der Waals surface area contributed by atoms with Crippen LogP contribution >= 0.6 is 0 Å². The number of rotatable bonds is 7. The zero-order valence-electron chi connectivity index (χ0n) is 12.8. The number of para-hydroxylation sites is 1. The topological polar surface area (TPSA) is 64.7 Å². The van der Waals surface area contributed by atoms with Crippen molar-refractivity contribution in [3.8, 4) is 11.5 Å². The van der Waals surface area contributed by atoms with E-state index in [-0.39, 0.29) is 24.5 Å². The molecule has 24 heavy (non-hydrogen) atoms. The van der Waals surface area contributed by atoms with Gasteiger partial charge in [-0.1, -0.05) is 24.3 Å². The van der Waals surface area contributed by atoms with Crippen LogP contribution < -0.4 is 15.2 Å². The Kier molecular flexibility index (Phi) is 6.05. The van der Waals surface area contributed by atoms with Crippen molar-refractivity contribution in [3.05, 3.63) is 59.7 Å². The summed E-state index contributed by atoms with van der Waals surface area (Å²) < 4.78 is 49.9. The molecular formula is C17H18F3NO3. The van der Waals surface area contributed by atoms with Gasteiger partial charge in [0.1, 0.15) is 18.1 Å². The van der Waals surface area contributed by atoms with Gasteiger partial charge in [0, 0.05) is 6.54 Å². The fourth-order valence-electron chi connectivity index (χ4n) is 2.09. The van der Waals surface area contributed by atoms with Crippen LogP contribution in [0.25, 0.3) is 0 Å². The van der Waals surface area contributed by atoms with Crippen LogP contribution in [0.2, 0.25) is 0 Å². The van der Waals surface area contributed by atoms with Gasteiger partial charge in [-0.3, -0.25) is 0 Å². The Morgan fingerprint density at radius 3 is 2.33 bits per heavy atom. The van der Waals surface area contributed by atoms with Gasteiger partial charge in [0.25, 0.3) is 0 Å². The number of ether oxygens (including phenoxy) is 2. The van der Waals surface area contributed by atoms with Crippen LogP contribution in [0.3, 0.4) is 0 Å². The third-order valence-corrected chi connectivity index (χ3v) is 3.29. The van der Waals surface area contributed by atoms with Crippen LogP contribution in [0.15, 0.2) is 48.5 Å². The quantitative estimate of drug-likeness (QED) is 0.813. The maximum Gasteiger partial charge on any atom is 0.416 e. The number of halogens is 3. The molecule has 1 atom stereocenters. The van der Waals surface area contributed by atoms with Gasteiger partial charge in [-0.15, -0.1) is 0 Å². The molecule has 7 heteroatoms. The van der Waals surface area contributed by atoms with E-state index in [1.165, 1.54) is 12.1 Å². The van der Waals surface area contributed by atoms with Gasteiger partial charge >= 0.3 is 6.18 Å². The van der Waals surface area contributed by atoms with Crippen molar-refractivity contribution in [3.63, 3.8) is 0 Å². The SMILES string of the molecule is NCc1ccc(O[C@H](CO)COc2ccccc2)cc1C(F)(F)F. The standard InChI is InChI=1S/C17H18F3NO3/c18-17(19,20)16-8-14(7-6-12(16)9-21)24-15(10-22)11-23-13-4-2-1-3-5-13/h1-8,15,22H,9-11,21H2/t15-/m1/s1. The first kappa shape index (κ1) is 18.1. The molecule has 0 unspecified atom stereocenters. The van der Waals surface area contributed by atoms with Crippen LogP contribution in [0.1, 0.15) is 11.1 Å². The first-order valence-electron chi connectivity index (χ1n) is 7.29. The van der Waals surface area contributed by atoms with Gasteiger partial charge in [0.05, 0.1) is 12.2 Å². The van der Waals surface area contributed by atoms with Gasteiger partial charge in [-0.2, -0.15) is 13.2 Å². The van der Waals surface area contributed by atoms with Crippen molar-refractivity contribution in [2.24, 2.45) is 5.73 Å². The lowest BCUT2D eigenvalue weighted by molar-refractivity contribution is -0.138. The summed E-state index contributed by atoms with van der Waals surface area (Å²) in [5.41, 5.74) is 4.47. The highest BCUT2D eigenvalue weighted by atomic mass is 19.4. The summed E-state index contributed by atoms with van der Waals surface area (Å²) in [5.74, 6) is 0.573. The summed E-state index contributed by atoms with van der Waals surface area (Å²) in [5, 5.41) is 9.35. The normalized spacial score (nSPS) is 12.7. The minimum atomic E-state index is -4.52. The second kappa shape index (κ2) is 8.03. The highest BCUT2D eigenvalue weighted by Crippen LogP contribution is 2.34. The van der Waals surface area contributed by atoms with Crippen molar-refractivity contribution in [2.45, 2.75) is 18.8 Å². The molecule has 0 radical (unpaired) electrons. The molecule has 0 fully saturated rings. The lowest BCUT2D eigenvalue weighted by Gasteiger charge is -2.19. The molecule has 130 valence electrons. The molecule has 0 aromatic heterocycles. The highest BCUT2D eigenvalue weighted by Gasteiger charge is 2.33. The van der Waals surface area contributed by atoms with Crippen molar-refractivity contribution >= 4 is 0 Å². The minimum Gasteiger partial charge on any atom is -0.490 e. The highest BCUT2D eigenvalue weighted by molar-refractivity contribution is 5.37.